The first-order chi connectivity index (χ1) is 8.07. The van der Waals surface area contributed by atoms with Crippen LogP contribution < -0.4 is 0 Å². The molecule has 0 heterocycles. The summed E-state index contributed by atoms with van der Waals surface area (Å²) < 4.78 is 0. The van der Waals surface area contributed by atoms with Crippen molar-refractivity contribution in [1.82, 2.24) is 0 Å². The second kappa shape index (κ2) is 10.1. The van der Waals surface area contributed by atoms with E-state index in [1.165, 1.54) is 0 Å². The third kappa shape index (κ3) is 9.85. The van der Waals surface area contributed by atoms with Gasteiger partial charge in [0, 0.05) is 6.42 Å². The van der Waals surface area contributed by atoms with Crippen molar-refractivity contribution >= 4 is 11.9 Å². The monoisotopic (exact) mass is 244 g/mol. The minimum atomic E-state index is -0.737. The molecule has 0 aliphatic carbocycles. The molecular weight excluding hydrogens is 220 g/mol. The van der Waals surface area contributed by atoms with Crippen LogP contribution in [0.1, 0.15) is 64.7 Å². The van der Waals surface area contributed by atoms with Gasteiger partial charge in [0.25, 0.3) is 0 Å². The summed E-state index contributed by atoms with van der Waals surface area (Å²) in [4.78, 5) is 21.1. The quantitative estimate of drug-likeness (QED) is 0.547. The summed E-state index contributed by atoms with van der Waals surface area (Å²) in [7, 11) is 0. The van der Waals surface area contributed by atoms with Gasteiger partial charge < -0.3 is 10.2 Å². The van der Waals surface area contributed by atoms with Crippen molar-refractivity contribution in [2.75, 3.05) is 0 Å². The zero-order valence-electron chi connectivity index (χ0n) is 10.7. The zero-order valence-corrected chi connectivity index (χ0v) is 10.7. The molecule has 0 radical (unpaired) electrons. The molecule has 0 fully saturated rings. The van der Waals surface area contributed by atoms with E-state index >= 15 is 0 Å². The molecule has 0 aliphatic rings. The largest absolute Gasteiger partial charge is 0.481 e. The summed E-state index contributed by atoms with van der Waals surface area (Å²) in [6.45, 7) is 2.00. The maximum Gasteiger partial charge on any atom is 0.306 e. The van der Waals surface area contributed by atoms with Gasteiger partial charge in [-0.05, 0) is 19.3 Å². The molecule has 4 heteroatoms. The van der Waals surface area contributed by atoms with Gasteiger partial charge in [0.05, 0.1) is 5.92 Å². The molecule has 0 spiro atoms. The van der Waals surface area contributed by atoms with E-state index in [0.29, 0.717) is 0 Å². The Morgan fingerprint density at radius 1 is 0.941 bits per heavy atom. The van der Waals surface area contributed by atoms with Crippen LogP contribution in [0.25, 0.3) is 0 Å². The van der Waals surface area contributed by atoms with Crippen LogP contribution in [0.3, 0.4) is 0 Å². The highest BCUT2D eigenvalue weighted by atomic mass is 16.4. The van der Waals surface area contributed by atoms with E-state index in [1.807, 2.05) is 6.92 Å². The highest BCUT2D eigenvalue weighted by Gasteiger charge is 2.15. The lowest BCUT2D eigenvalue weighted by atomic mass is 9.96. The average molecular weight is 244 g/mol. The lowest BCUT2D eigenvalue weighted by molar-refractivity contribution is -0.142. The van der Waals surface area contributed by atoms with E-state index < -0.39 is 11.9 Å². The molecule has 0 saturated carbocycles. The van der Waals surface area contributed by atoms with Crippen LogP contribution in [-0.4, -0.2) is 22.2 Å². The molecule has 0 amide bonds. The number of unbranched alkanes of at least 4 members (excludes halogenated alkanes) is 4. The van der Waals surface area contributed by atoms with Gasteiger partial charge in [-0.1, -0.05) is 39.0 Å². The predicted molar refractivity (Wildman–Crippen MR) is 66.0 cm³/mol. The summed E-state index contributed by atoms with van der Waals surface area (Å²) in [5, 5.41) is 17.4. The summed E-state index contributed by atoms with van der Waals surface area (Å²) >= 11 is 0. The van der Waals surface area contributed by atoms with E-state index in [9.17, 15) is 9.59 Å². The van der Waals surface area contributed by atoms with E-state index in [2.05, 4.69) is 0 Å². The van der Waals surface area contributed by atoms with Crippen molar-refractivity contribution in [2.45, 2.75) is 64.7 Å². The Hall–Kier alpha value is -1.06. The average Bonchev–Trinajstić information content (AvgIpc) is 2.25. The van der Waals surface area contributed by atoms with Gasteiger partial charge in [-0.2, -0.15) is 0 Å². The molecule has 0 aromatic heterocycles. The zero-order chi connectivity index (χ0) is 13.1. The topological polar surface area (TPSA) is 74.6 Å². The van der Waals surface area contributed by atoms with Crippen LogP contribution in [0.5, 0.6) is 0 Å². The number of carbonyl (C=O) groups is 2. The highest BCUT2D eigenvalue weighted by molar-refractivity contribution is 5.69. The van der Waals surface area contributed by atoms with Gasteiger partial charge in [0.1, 0.15) is 0 Å². The SMILES string of the molecule is CCCC(CCCCCCCC(=O)O)C(=O)O. The molecule has 0 aliphatic heterocycles. The first-order valence-electron chi connectivity index (χ1n) is 6.52. The molecule has 17 heavy (non-hydrogen) atoms. The Morgan fingerprint density at radius 2 is 1.53 bits per heavy atom. The van der Waals surface area contributed by atoms with Crippen molar-refractivity contribution in [3.63, 3.8) is 0 Å². The van der Waals surface area contributed by atoms with E-state index in [-0.39, 0.29) is 12.3 Å². The molecule has 0 saturated heterocycles. The summed E-state index contributed by atoms with van der Waals surface area (Å²) in [5.74, 6) is -1.62. The van der Waals surface area contributed by atoms with Crippen LogP contribution in [0, 0.1) is 5.92 Å². The predicted octanol–water partition coefficient (Wildman–Crippen LogP) is 3.30. The second-order valence-electron chi connectivity index (χ2n) is 4.52. The third-order valence-corrected chi connectivity index (χ3v) is 2.93. The third-order valence-electron chi connectivity index (χ3n) is 2.93. The Balaban J connectivity index is 3.42. The Morgan fingerprint density at radius 3 is 2.06 bits per heavy atom. The Labute approximate surface area is 103 Å². The number of hydrogen-bond donors (Lipinski definition) is 2. The number of carboxylic acid groups (broad SMARTS) is 2. The molecule has 100 valence electrons. The summed E-state index contributed by atoms with van der Waals surface area (Å²) in [6, 6.07) is 0. The molecule has 0 aromatic carbocycles. The molecule has 0 bridgehead atoms. The lowest BCUT2D eigenvalue weighted by Gasteiger charge is -2.10. The van der Waals surface area contributed by atoms with E-state index in [4.69, 9.17) is 10.2 Å². The van der Waals surface area contributed by atoms with Crippen molar-refractivity contribution in [2.24, 2.45) is 5.92 Å². The molecule has 1 atom stereocenters. The normalized spacial score (nSPS) is 12.3. The summed E-state index contributed by atoms with van der Waals surface area (Å²) in [6.07, 6.45) is 7.27. The van der Waals surface area contributed by atoms with E-state index in [1.54, 1.807) is 0 Å². The Kier molecular flexibility index (Phi) is 9.49. The molecular formula is C13H24O4. The lowest BCUT2D eigenvalue weighted by Crippen LogP contribution is -2.13. The summed E-state index contributed by atoms with van der Waals surface area (Å²) in [5.41, 5.74) is 0. The van der Waals surface area contributed by atoms with Gasteiger partial charge in [-0.15, -0.1) is 0 Å². The van der Waals surface area contributed by atoms with Gasteiger partial charge in [-0.3, -0.25) is 9.59 Å². The highest BCUT2D eigenvalue weighted by Crippen LogP contribution is 2.16. The molecule has 4 nitrogen and oxygen atoms in total. The van der Waals surface area contributed by atoms with Crippen molar-refractivity contribution in [1.29, 1.82) is 0 Å². The minimum absolute atomic E-state index is 0.195. The molecule has 0 rings (SSSR count). The van der Waals surface area contributed by atoms with Crippen molar-refractivity contribution in [3.05, 3.63) is 0 Å². The van der Waals surface area contributed by atoms with Crippen molar-refractivity contribution in [3.8, 4) is 0 Å². The Bertz CT molecular complexity index is 225. The fraction of sp³-hybridized carbons (Fsp3) is 0.846. The molecule has 2 N–H and O–H groups in total. The molecule has 1 unspecified atom stereocenters. The second-order valence-corrected chi connectivity index (χ2v) is 4.52. The van der Waals surface area contributed by atoms with Crippen LogP contribution in [-0.2, 0) is 9.59 Å². The van der Waals surface area contributed by atoms with Crippen LogP contribution in [0.4, 0.5) is 0 Å². The number of hydrogen-bond acceptors (Lipinski definition) is 2. The first-order valence-corrected chi connectivity index (χ1v) is 6.52. The first kappa shape index (κ1) is 15.9. The van der Waals surface area contributed by atoms with Gasteiger partial charge in [-0.25, -0.2) is 0 Å². The standard InChI is InChI=1S/C13H24O4/c1-2-8-11(13(16)17)9-6-4-3-5-7-10-12(14)15/h11H,2-10H2,1H3,(H,14,15)(H,16,17). The van der Waals surface area contributed by atoms with Gasteiger partial charge in [0.2, 0.25) is 0 Å². The molecule has 0 aromatic rings. The number of rotatable bonds is 11. The number of carboxylic acids is 2. The minimum Gasteiger partial charge on any atom is -0.481 e. The number of aliphatic carboxylic acids is 2. The van der Waals surface area contributed by atoms with Gasteiger partial charge >= 0.3 is 11.9 Å². The van der Waals surface area contributed by atoms with Crippen LogP contribution in [0.2, 0.25) is 0 Å². The fourth-order valence-electron chi connectivity index (χ4n) is 1.94. The maximum atomic E-state index is 10.9. The fourth-order valence-corrected chi connectivity index (χ4v) is 1.94. The van der Waals surface area contributed by atoms with Crippen molar-refractivity contribution < 1.29 is 19.8 Å². The van der Waals surface area contributed by atoms with Gasteiger partial charge in [0.15, 0.2) is 0 Å². The van der Waals surface area contributed by atoms with E-state index in [0.717, 1.165) is 51.4 Å². The maximum absolute atomic E-state index is 10.9. The van der Waals surface area contributed by atoms with Crippen LogP contribution in [0.15, 0.2) is 0 Å². The van der Waals surface area contributed by atoms with Crippen LogP contribution >= 0.6 is 0 Å². The smallest absolute Gasteiger partial charge is 0.306 e.